The van der Waals surface area contributed by atoms with Crippen molar-refractivity contribution >= 4 is 40.8 Å². The Morgan fingerprint density at radius 1 is 1.58 bits per heavy atom. The second-order valence-electron chi connectivity index (χ2n) is 4.52. The molecule has 1 aromatic rings. The highest BCUT2D eigenvalue weighted by molar-refractivity contribution is 7.81. The molecule has 104 valence electrons. The topological polar surface area (TPSA) is 46.6 Å². The lowest BCUT2D eigenvalue weighted by Crippen LogP contribution is -2.25. The summed E-state index contributed by atoms with van der Waals surface area (Å²) in [5, 5.41) is 0.744. The molecule has 1 saturated heterocycles. The molecule has 0 radical (unpaired) electrons. The van der Waals surface area contributed by atoms with Crippen LogP contribution in [0.25, 0.3) is 0 Å². The SMILES string of the molecule is CCc1c(C)sc(N2CC(S)CC2=O)c1C(=O)OC. The summed E-state index contributed by atoms with van der Waals surface area (Å²) in [6.45, 7) is 4.52. The number of carbonyl (C=O) groups excluding carboxylic acids is 2. The molecule has 0 spiro atoms. The standard InChI is InChI=1S/C13H17NO3S2/c1-4-9-7(2)19-12(11(9)13(16)17-3)14-6-8(18)5-10(14)15/h8,18H,4-6H2,1-3H3. The number of carbonyl (C=O) groups is 2. The Morgan fingerprint density at radius 3 is 2.74 bits per heavy atom. The summed E-state index contributed by atoms with van der Waals surface area (Å²) in [5.41, 5.74) is 1.52. The first-order chi connectivity index (χ1) is 8.99. The van der Waals surface area contributed by atoms with Crippen molar-refractivity contribution in [2.45, 2.75) is 31.9 Å². The summed E-state index contributed by atoms with van der Waals surface area (Å²) >= 11 is 5.83. The molecule has 6 heteroatoms. The Balaban J connectivity index is 2.51. The molecule has 0 bridgehead atoms. The number of ether oxygens (including phenoxy) is 1. The number of nitrogens with zero attached hydrogens (tertiary/aromatic N) is 1. The maximum atomic E-state index is 12.0. The first-order valence-corrected chi connectivity index (χ1v) is 7.51. The van der Waals surface area contributed by atoms with Gasteiger partial charge in [-0.2, -0.15) is 12.6 Å². The molecule has 0 aliphatic carbocycles. The highest BCUT2D eigenvalue weighted by Crippen LogP contribution is 2.39. The van der Waals surface area contributed by atoms with Crippen molar-refractivity contribution in [1.82, 2.24) is 0 Å². The summed E-state index contributed by atoms with van der Waals surface area (Å²) in [6.07, 6.45) is 1.17. The second-order valence-corrected chi connectivity index (χ2v) is 6.46. The van der Waals surface area contributed by atoms with Crippen molar-refractivity contribution in [3.8, 4) is 0 Å². The Morgan fingerprint density at radius 2 is 2.26 bits per heavy atom. The number of thiophene rings is 1. The van der Waals surface area contributed by atoms with Crippen LogP contribution in [0, 0.1) is 6.92 Å². The second kappa shape index (κ2) is 5.54. The van der Waals surface area contributed by atoms with Gasteiger partial charge in [-0.05, 0) is 18.9 Å². The van der Waals surface area contributed by atoms with Crippen LogP contribution in [0.15, 0.2) is 0 Å². The quantitative estimate of drug-likeness (QED) is 0.689. The molecular formula is C13H17NO3S2. The fourth-order valence-corrected chi connectivity index (χ4v) is 3.95. The molecule has 0 N–H and O–H groups in total. The molecular weight excluding hydrogens is 282 g/mol. The van der Waals surface area contributed by atoms with Crippen LogP contribution in [-0.2, 0) is 16.0 Å². The van der Waals surface area contributed by atoms with Gasteiger partial charge in [0, 0.05) is 23.1 Å². The summed E-state index contributed by atoms with van der Waals surface area (Å²) < 4.78 is 4.87. The van der Waals surface area contributed by atoms with E-state index in [-0.39, 0.29) is 17.1 Å². The van der Waals surface area contributed by atoms with E-state index >= 15 is 0 Å². The minimum atomic E-state index is -0.369. The van der Waals surface area contributed by atoms with Crippen molar-refractivity contribution in [3.63, 3.8) is 0 Å². The van der Waals surface area contributed by atoms with Crippen molar-refractivity contribution in [3.05, 3.63) is 16.0 Å². The van der Waals surface area contributed by atoms with Crippen LogP contribution in [0.3, 0.4) is 0 Å². The van der Waals surface area contributed by atoms with Gasteiger partial charge in [0.05, 0.1) is 12.7 Å². The first-order valence-electron chi connectivity index (χ1n) is 6.18. The minimum absolute atomic E-state index is 0.0223. The van der Waals surface area contributed by atoms with Gasteiger partial charge in [-0.1, -0.05) is 6.92 Å². The highest BCUT2D eigenvalue weighted by atomic mass is 32.1. The fourth-order valence-electron chi connectivity index (χ4n) is 2.38. The Labute approximate surface area is 122 Å². The number of methoxy groups -OCH3 is 1. The number of hydrogen-bond donors (Lipinski definition) is 1. The molecule has 0 aromatic carbocycles. The maximum absolute atomic E-state index is 12.0. The number of esters is 1. The Kier molecular flexibility index (Phi) is 4.20. The summed E-state index contributed by atoms with van der Waals surface area (Å²) in [6, 6.07) is 0. The van der Waals surface area contributed by atoms with E-state index in [0.29, 0.717) is 23.5 Å². The third-order valence-electron chi connectivity index (χ3n) is 3.28. The maximum Gasteiger partial charge on any atom is 0.341 e. The van der Waals surface area contributed by atoms with Crippen LogP contribution < -0.4 is 4.90 Å². The van der Waals surface area contributed by atoms with Crippen LogP contribution in [0.1, 0.15) is 34.1 Å². The molecule has 1 aromatic heterocycles. The number of aryl methyl sites for hydroxylation is 1. The van der Waals surface area contributed by atoms with Crippen LogP contribution in [0.4, 0.5) is 5.00 Å². The summed E-state index contributed by atoms with van der Waals surface area (Å²) in [5.74, 6) is -0.347. The molecule has 4 nitrogen and oxygen atoms in total. The molecule has 1 fully saturated rings. The van der Waals surface area contributed by atoms with Crippen molar-refractivity contribution in [1.29, 1.82) is 0 Å². The van der Waals surface area contributed by atoms with E-state index in [9.17, 15) is 9.59 Å². The van der Waals surface area contributed by atoms with E-state index < -0.39 is 0 Å². The van der Waals surface area contributed by atoms with E-state index in [0.717, 1.165) is 16.9 Å². The van der Waals surface area contributed by atoms with E-state index in [2.05, 4.69) is 12.6 Å². The van der Waals surface area contributed by atoms with Gasteiger partial charge in [0.1, 0.15) is 5.00 Å². The van der Waals surface area contributed by atoms with E-state index in [1.807, 2.05) is 13.8 Å². The van der Waals surface area contributed by atoms with Crippen LogP contribution in [0.5, 0.6) is 0 Å². The molecule has 1 aliphatic rings. The van der Waals surface area contributed by atoms with Gasteiger partial charge in [0.2, 0.25) is 5.91 Å². The monoisotopic (exact) mass is 299 g/mol. The van der Waals surface area contributed by atoms with Crippen LogP contribution in [0.2, 0.25) is 0 Å². The third kappa shape index (κ3) is 2.51. The molecule has 1 amide bonds. The number of amides is 1. The van der Waals surface area contributed by atoms with Crippen LogP contribution >= 0.6 is 24.0 Å². The third-order valence-corrected chi connectivity index (χ3v) is 4.80. The fraction of sp³-hybridized carbons (Fsp3) is 0.538. The molecule has 1 aliphatic heterocycles. The smallest absolute Gasteiger partial charge is 0.341 e. The number of anilines is 1. The van der Waals surface area contributed by atoms with Gasteiger partial charge in [-0.3, -0.25) is 4.79 Å². The number of hydrogen-bond acceptors (Lipinski definition) is 5. The summed E-state index contributed by atoms with van der Waals surface area (Å²) in [7, 11) is 1.37. The normalized spacial score (nSPS) is 19.1. The lowest BCUT2D eigenvalue weighted by atomic mass is 10.1. The first kappa shape index (κ1) is 14.4. The molecule has 19 heavy (non-hydrogen) atoms. The van der Waals surface area contributed by atoms with E-state index in [4.69, 9.17) is 4.74 Å². The van der Waals surface area contributed by atoms with Crippen molar-refractivity contribution in [2.75, 3.05) is 18.6 Å². The molecule has 2 heterocycles. The summed E-state index contributed by atoms with van der Waals surface area (Å²) in [4.78, 5) is 26.7. The van der Waals surface area contributed by atoms with Gasteiger partial charge in [0.15, 0.2) is 0 Å². The van der Waals surface area contributed by atoms with Crippen molar-refractivity contribution < 1.29 is 14.3 Å². The van der Waals surface area contributed by atoms with Gasteiger partial charge < -0.3 is 9.64 Å². The van der Waals surface area contributed by atoms with Gasteiger partial charge >= 0.3 is 5.97 Å². The van der Waals surface area contributed by atoms with Gasteiger partial charge in [0.25, 0.3) is 0 Å². The predicted molar refractivity (Wildman–Crippen MR) is 79.5 cm³/mol. The average Bonchev–Trinajstić information content (AvgIpc) is 2.87. The zero-order valence-electron chi connectivity index (χ0n) is 11.2. The molecule has 0 saturated carbocycles. The van der Waals surface area contributed by atoms with E-state index in [1.54, 1.807) is 4.90 Å². The molecule has 2 rings (SSSR count). The number of rotatable bonds is 3. The Bertz CT molecular complexity index is 524. The van der Waals surface area contributed by atoms with Gasteiger partial charge in [-0.25, -0.2) is 4.79 Å². The minimum Gasteiger partial charge on any atom is -0.465 e. The zero-order chi connectivity index (χ0) is 14.2. The molecule has 1 unspecified atom stereocenters. The lowest BCUT2D eigenvalue weighted by Gasteiger charge is -2.15. The van der Waals surface area contributed by atoms with E-state index in [1.165, 1.54) is 18.4 Å². The molecule has 1 atom stereocenters. The predicted octanol–water partition coefficient (Wildman–Crippen LogP) is 2.44. The lowest BCUT2D eigenvalue weighted by molar-refractivity contribution is -0.116. The number of thiol groups is 1. The van der Waals surface area contributed by atoms with Gasteiger partial charge in [-0.15, -0.1) is 11.3 Å². The van der Waals surface area contributed by atoms with Crippen molar-refractivity contribution in [2.24, 2.45) is 0 Å². The zero-order valence-corrected chi connectivity index (χ0v) is 12.9. The average molecular weight is 299 g/mol. The highest BCUT2D eigenvalue weighted by Gasteiger charge is 2.34. The Hall–Kier alpha value is -1.01. The van der Waals surface area contributed by atoms with Crippen LogP contribution in [-0.4, -0.2) is 30.8 Å². The largest absolute Gasteiger partial charge is 0.465 e.